The van der Waals surface area contributed by atoms with Crippen LogP contribution in [0.25, 0.3) is 11.3 Å². The van der Waals surface area contributed by atoms with Crippen molar-refractivity contribution < 1.29 is 5.11 Å². The van der Waals surface area contributed by atoms with Gasteiger partial charge in [0, 0.05) is 37.5 Å². The molecule has 126 valence electrons. The van der Waals surface area contributed by atoms with Gasteiger partial charge in [0.15, 0.2) is 0 Å². The zero-order valence-electron chi connectivity index (χ0n) is 14.1. The summed E-state index contributed by atoms with van der Waals surface area (Å²) in [6, 6.07) is 19.1. The van der Waals surface area contributed by atoms with Crippen molar-refractivity contribution in [1.29, 1.82) is 5.26 Å². The van der Waals surface area contributed by atoms with E-state index in [-0.39, 0.29) is 0 Å². The molecule has 0 spiro atoms. The Kier molecular flexibility index (Phi) is 5.24. The quantitative estimate of drug-likeness (QED) is 0.728. The minimum atomic E-state index is -0.545. The molecule has 0 amide bonds. The number of nitrogens with one attached hydrogen (secondary N) is 1. The molecule has 2 N–H and O–H groups in total. The van der Waals surface area contributed by atoms with Gasteiger partial charge in [-0.2, -0.15) is 10.4 Å². The van der Waals surface area contributed by atoms with Gasteiger partial charge in [-0.25, -0.2) is 0 Å². The Bertz CT molecular complexity index is 863. The van der Waals surface area contributed by atoms with Crippen molar-refractivity contribution in [3.05, 3.63) is 77.5 Å². The van der Waals surface area contributed by atoms with E-state index in [1.807, 2.05) is 55.7 Å². The third-order valence-electron chi connectivity index (χ3n) is 4.03. The Labute approximate surface area is 147 Å². The summed E-state index contributed by atoms with van der Waals surface area (Å²) in [6.45, 7) is 1.07. The smallest absolute Gasteiger partial charge is 0.0991 e. The first-order chi connectivity index (χ1) is 12.2. The van der Waals surface area contributed by atoms with E-state index in [1.54, 1.807) is 16.8 Å². The van der Waals surface area contributed by atoms with Crippen LogP contribution in [0.15, 0.2) is 60.8 Å². The number of nitriles is 1. The fourth-order valence-electron chi connectivity index (χ4n) is 2.75. The predicted octanol–water partition coefficient (Wildman–Crippen LogP) is 2.78. The molecule has 0 aliphatic heterocycles. The van der Waals surface area contributed by atoms with Crippen molar-refractivity contribution >= 4 is 0 Å². The molecular weight excluding hydrogens is 312 g/mol. The maximum atomic E-state index is 10.2. The summed E-state index contributed by atoms with van der Waals surface area (Å²) in [4.78, 5) is 0. The Hall–Kier alpha value is -2.94. The van der Waals surface area contributed by atoms with E-state index >= 15 is 0 Å². The van der Waals surface area contributed by atoms with Gasteiger partial charge in [-0.15, -0.1) is 0 Å². The molecular formula is C20H20N4O. The van der Waals surface area contributed by atoms with Crippen LogP contribution in [0.3, 0.4) is 0 Å². The molecule has 0 fully saturated rings. The molecule has 1 atom stereocenters. The number of hydrogen-bond donors (Lipinski definition) is 2. The van der Waals surface area contributed by atoms with E-state index in [9.17, 15) is 5.11 Å². The summed E-state index contributed by atoms with van der Waals surface area (Å²) in [5.74, 6) is 0. The van der Waals surface area contributed by atoms with E-state index in [0.29, 0.717) is 18.7 Å². The highest BCUT2D eigenvalue weighted by atomic mass is 16.3. The summed E-state index contributed by atoms with van der Waals surface area (Å²) in [7, 11) is 1.88. The average molecular weight is 332 g/mol. The van der Waals surface area contributed by atoms with Crippen LogP contribution in [0.1, 0.15) is 22.8 Å². The zero-order valence-corrected chi connectivity index (χ0v) is 14.1. The normalized spacial score (nSPS) is 11.9. The highest BCUT2D eigenvalue weighted by molar-refractivity contribution is 5.63. The molecule has 5 nitrogen and oxygen atoms in total. The molecule has 0 radical (unpaired) electrons. The number of aliphatic hydroxyl groups excluding tert-OH is 1. The lowest BCUT2D eigenvalue weighted by molar-refractivity contribution is 0.174. The fraction of sp³-hybridized carbons (Fsp3) is 0.200. The molecule has 1 unspecified atom stereocenters. The Morgan fingerprint density at radius 1 is 1.16 bits per heavy atom. The van der Waals surface area contributed by atoms with Crippen LogP contribution in [-0.2, 0) is 13.6 Å². The van der Waals surface area contributed by atoms with Gasteiger partial charge in [0.25, 0.3) is 0 Å². The lowest BCUT2D eigenvalue weighted by Crippen LogP contribution is -2.21. The van der Waals surface area contributed by atoms with Crippen LogP contribution in [0.2, 0.25) is 0 Å². The molecule has 3 rings (SSSR count). The van der Waals surface area contributed by atoms with Gasteiger partial charge in [0.1, 0.15) is 0 Å². The highest BCUT2D eigenvalue weighted by Gasteiger charge is 2.11. The summed E-state index contributed by atoms with van der Waals surface area (Å²) < 4.78 is 1.78. The zero-order chi connectivity index (χ0) is 17.6. The van der Waals surface area contributed by atoms with E-state index in [2.05, 4.69) is 16.5 Å². The van der Waals surface area contributed by atoms with Crippen LogP contribution in [0.4, 0.5) is 0 Å². The van der Waals surface area contributed by atoms with E-state index in [4.69, 9.17) is 5.26 Å². The van der Waals surface area contributed by atoms with Crippen molar-refractivity contribution in [3.8, 4) is 17.3 Å². The Balaban J connectivity index is 1.68. The minimum Gasteiger partial charge on any atom is -0.387 e. The largest absolute Gasteiger partial charge is 0.387 e. The van der Waals surface area contributed by atoms with Crippen molar-refractivity contribution in [2.24, 2.45) is 7.05 Å². The highest BCUT2D eigenvalue weighted by Crippen LogP contribution is 2.22. The first-order valence-electron chi connectivity index (χ1n) is 8.14. The van der Waals surface area contributed by atoms with Crippen molar-refractivity contribution in [2.75, 3.05) is 6.54 Å². The minimum absolute atomic E-state index is 0.464. The lowest BCUT2D eigenvalue weighted by Gasteiger charge is -2.12. The van der Waals surface area contributed by atoms with Gasteiger partial charge in [-0.3, -0.25) is 4.68 Å². The summed E-state index contributed by atoms with van der Waals surface area (Å²) in [6.07, 6.45) is 1.42. The van der Waals surface area contributed by atoms with Gasteiger partial charge in [-0.05, 0) is 17.7 Å². The molecule has 1 heterocycles. The maximum Gasteiger partial charge on any atom is 0.0991 e. The Morgan fingerprint density at radius 2 is 1.88 bits per heavy atom. The first-order valence-corrected chi connectivity index (χ1v) is 8.14. The Morgan fingerprint density at radius 3 is 2.56 bits per heavy atom. The first kappa shape index (κ1) is 16.9. The molecule has 0 saturated heterocycles. The van der Waals surface area contributed by atoms with Crippen LogP contribution < -0.4 is 5.32 Å². The molecule has 0 saturated carbocycles. The second kappa shape index (κ2) is 7.75. The molecule has 1 aromatic heterocycles. The number of rotatable bonds is 6. The molecule has 0 aliphatic carbocycles. The van der Waals surface area contributed by atoms with Crippen molar-refractivity contribution in [3.63, 3.8) is 0 Å². The number of benzene rings is 2. The number of aromatic nitrogens is 2. The SMILES string of the molecule is Cn1cc(CNCC(O)c2ccccc2)c(-c2ccc(C#N)cc2)n1. The average Bonchev–Trinajstić information content (AvgIpc) is 3.03. The number of hydrogen-bond acceptors (Lipinski definition) is 4. The molecule has 3 aromatic rings. The maximum absolute atomic E-state index is 10.2. The summed E-state index contributed by atoms with van der Waals surface area (Å²) in [5.41, 5.74) is 4.43. The van der Waals surface area contributed by atoms with Crippen molar-refractivity contribution in [1.82, 2.24) is 15.1 Å². The third kappa shape index (κ3) is 4.13. The molecule has 0 bridgehead atoms. The van der Waals surface area contributed by atoms with Gasteiger partial charge in [0.05, 0.1) is 23.4 Å². The second-order valence-corrected chi connectivity index (χ2v) is 5.92. The topological polar surface area (TPSA) is 73.9 Å². The van der Waals surface area contributed by atoms with Gasteiger partial charge < -0.3 is 10.4 Å². The third-order valence-corrected chi connectivity index (χ3v) is 4.03. The number of aryl methyl sites for hydroxylation is 1. The van der Waals surface area contributed by atoms with Crippen LogP contribution in [-0.4, -0.2) is 21.4 Å². The standard InChI is InChI=1S/C20H20N4O/c1-24-14-18(12-22-13-19(25)16-5-3-2-4-6-16)20(23-24)17-9-7-15(11-21)8-10-17/h2-10,14,19,22,25H,12-13H2,1H3. The van der Waals surface area contributed by atoms with Gasteiger partial charge in [-0.1, -0.05) is 42.5 Å². The predicted molar refractivity (Wildman–Crippen MR) is 96.5 cm³/mol. The number of aliphatic hydroxyl groups is 1. The van der Waals surface area contributed by atoms with Gasteiger partial charge >= 0.3 is 0 Å². The molecule has 25 heavy (non-hydrogen) atoms. The molecule has 5 heteroatoms. The molecule has 2 aromatic carbocycles. The monoisotopic (exact) mass is 332 g/mol. The number of nitrogens with zero attached hydrogens (tertiary/aromatic N) is 3. The molecule has 0 aliphatic rings. The van der Waals surface area contributed by atoms with E-state index < -0.39 is 6.10 Å². The van der Waals surface area contributed by atoms with Crippen molar-refractivity contribution in [2.45, 2.75) is 12.6 Å². The lowest BCUT2D eigenvalue weighted by atomic mass is 10.1. The second-order valence-electron chi connectivity index (χ2n) is 5.92. The summed E-state index contributed by atoms with van der Waals surface area (Å²) >= 11 is 0. The fourth-order valence-corrected chi connectivity index (χ4v) is 2.75. The van der Waals surface area contributed by atoms with Crippen LogP contribution in [0, 0.1) is 11.3 Å². The summed E-state index contributed by atoms with van der Waals surface area (Å²) in [5, 5.41) is 27.0. The van der Waals surface area contributed by atoms with Crippen LogP contribution in [0.5, 0.6) is 0 Å². The van der Waals surface area contributed by atoms with E-state index in [1.165, 1.54) is 0 Å². The van der Waals surface area contributed by atoms with E-state index in [0.717, 1.165) is 22.4 Å². The van der Waals surface area contributed by atoms with Gasteiger partial charge in [0.2, 0.25) is 0 Å². The van der Waals surface area contributed by atoms with Crippen LogP contribution >= 0.6 is 0 Å².